The van der Waals surface area contributed by atoms with E-state index in [1.165, 1.54) is 0 Å². The van der Waals surface area contributed by atoms with Crippen LogP contribution < -0.4 is 10.1 Å². The predicted molar refractivity (Wildman–Crippen MR) is 72.4 cm³/mol. The van der Waals surface area contributed by atoms with E-state index in [1.807, 2.05) is 6.92 Å². The van der Waals surface area contributed by atoms with Gasteiger partial charge in [-0.05, 0) is 37.6 Å². The van der Waals surface area contributed by atoms with E-state index in [9.17, 15) is 4.79 Å². The fourth-order valence-corrected chi connectivity index (χ4v) is 1.64. The molecule has 1 aromatic carbocycles. The maximum atomic E-state index is 11.7. The highest BCUT2D eigenvalue weighted by atomic mass is 35.5. The first-order chi connectivity index (χ1) is 8.93. The molecule has 0 aliphatic carbocycles. The lowest BCUT2D eigenvalue weighted by molar-refractivity contribution is -0.127. The van der Waals surface area contributed by atoms with Crippen molar-refractivity contribution in [1.29, 1.82) is 0 Å². The van der Waals surface area contributed by atoms with Crippen molar-refractivity contribution in [2.45, 2.75) is 26.1 Å². The van der Waals surface area contributed by atoms with Crippen LogP contribution in [0.5, 0.6) is 5.75 Å². The van der Waals surface area contributed by atoms with Crippen LogP contribution in [-0.2, 0) is 4.79 Å². The summed E-state index contributed by atoms with van der Waals surface area (Å²) < 4.78 is 5.51. The molecule has 5 nitrogen and oxygen atoms in total. The third-order valence-electron chi connectivity index (χ3n) is 2.53. The number of carbonyl (C=O) groups is 1. The minimum atomic E-state index is -0.964. The number of aryl methyl sites for hydroxylation is 1. The van der Waals surface area contributed by atoms with Gasteiger partial charge in [-0.2, -0.15) is 0 Å². The SMILES string of the molecule is Cc1cc(Cl)ccc1OC(C)C(=O)NCC(O)CO. The zero-order valence-corrected chi connectivity index (χ0v) is 11.6. The summed E-state index contributed by atoms with van der Waals surface area (Å²) in [6.07, 6.45) is -1.67. The number of hydrogen-bond donors (Lipinski definition) is 3. The Kier molecular flexibility index (Phi) is 6.08. The Morgan fingerprint density at radius 2 is 2.21 bits per heavy atom. The molecule has 3 N–H and O–H groups in total. The van der Waals surface area contributed by atoms with Gasteiger partial charge in [0, 0.05) is 11.6 Å². The summed E-state index contributed by atoms with van der Waals surface area (Å²) in [5.41, 5.74) is 0.836. The summed E-state index contributed by atoms with van der Waals surface area (Å²) in [5, 5.41) is 20.9. The molecule has 0 aromatic heterocycles. The molecule has 0 fully saturated rings. The molecule has 19 heavy (non-hydrogen) atoms. The highest BCUT2D eigenvalue weighted by Gasteiger charge is 2.16. The lowest BCUT2D eigenvalue weighted by Crippen LogP contribution is -2.41. The van der Waals surface area contributed by atoms with Crippen molar-refractivity contribution in [3.63, 3.8) is 0 Å². The molecule has 1 rings (SSSR count). The summed E-state index contributed by atoms with van der Waals surface area (Å²) in [4.78, 5) is 11.7. The van der Waals surface area contributed by atoms with E-state index in [0.29, 0.717) is 10.8 Å². The number of amides is 1. The fourth-order valence-electron chi connectivity index (χ4n) is 1.42. The molecule has 0 spiro atoms. The van der Waals surface area contributed by atoms with Gasteiger partial charge in [0.2, 0.25) is 0 Å². The van der Waals surface area contributed by atoms with Gasteiger partial charge in [-0.3, -0.25) is 4.79 Å². The Morgan fingerprint density at radius 3 is 2.79 bits per heavy atom. The van der Waals surface area contributed by atoms with Crippen molar-refractivity contribution in [2.75, 3.05) is 13.2 Å². The van der Waals surface area contributed by atoms with Gasteiger partial charge in [0.1, 0.15) is 5.75 Å². The third-order valence-corrected chi connectivity index (χ3v) is 2.77. The number of ether oxygens (including phenoxy) is 1. The van der Waals surface area contributed by atoms with Crippen molar-refractivity contribution < 1.29 is 19.7 Å². The molecule has 0 saturated carbocycles. The molecule has 6 heteroatoms. The monoisotopic (exact) mass is 287 g/mol. The van der Waals surface area contributed by atoms with Crippen molar-refractivity contribution >= 4 is 17.5 Å². The number of nitrogens with one attached hydrogen (secondary N) is 1. The Morgan fingerprint density at radius 1 is 1.53 bits per heavy atom. The summed E-state index contributed by atoms with van der Waals surface area (Å²) in [6, 6.07) is 5.13. The van der Waals surface area contributed by atoms with Gasteiger partial charge in [0.25, 0.3) is 5.91 Å². The van der Waals surface area contributed by atoms with E-state index in [2.05, 4.69) is 5.32 Å². The average molecular weight is 288 g/mol. The van der Waals surface area contributed by atoms with Gasteiger partial charge in [-0.25, -0.2) is 0 Å². The second-order valence-corrected chi connectivity index (χ2v) is 4.69. The van der Waals surface area contributed by atoms with Crippen LogP contribution in [0.2, 0.25) is 5.02 Å². The van der Waals surface area contributed by atoms with Crippen LogP contribution in [0.15, 0.2) is 18.2 Å². The first kappa shape index (κ1) is 15.8. The molecule has 2 atom stereocenters. The summed E-state index contributed by atoms with van der Waals surface area (Å²) >= 11 is 5.83. The second-order valence-electron chi connectivity index (χ2n) is 4.25. The number of aliphatic hydroxyl groups is 2. The standard InChI is InChI=1S/C13H18ClNO4/c1-8-5-10(14)3-4-12(8)19-9(2)13(18)15-6-11(17)7-16/h3-5,9,11,16-17H,6-7H2,1-2H3,(H,15,18). The van der Waals surface area contributed by atoms with Crippen LogP contribution in [0.3, 0.4) is 0 Å². The minimum Gasteiger partial charge on any atom is -0.481 e. The van der Waals surface area contributed by atoms with Crippen molar-refractivity contribution in [3.05, 3.63) is 28.8 Å². The first-order valence-corrected chi connectivity index (χ1v) is 6.31. The van der Waals surface area contributed by atoms with E-state index < -0.39 is 18.8 Å². The molecule has 0 heterocycles. The van der Waals surface area contributed by atoms with E-state index in [0.717, 1.165) is 5.56 Å². The van der Waals surface area contributed by atoms with Gasteiger partial charge >= 0.3 is 0 Å². The number of benzene rings is 1. The van der Waals surface area contributed by atoms with Gasteiger partial charge in [-0.1, -0.05) is 11.6 Å². The largest absolute Gasteiger partial charge is 0.481 e. The molecule has 0 aliphatic heterocycles. The van der Waals surface area contributed by atoms with Crippen molar-refractivity contribution in [3.8, 4) is 5.75 Å². The molecule has 2 unspecified atom stereocenters. The zero-order chi connectivity index (χ0) is 14.4. The van der Waals surface area contributed by atoms with Crippen LogP contribution in [-0.4, -0.2) is 41.5 Å². The number of carbonyl (C=O) groups excluding carboxylic acids is 1. The Hall–Kier alpha value is -1.30. The maximum absolute atomic E-state index is 11.7. The summed E-state index contributed by atoms with van der Waals surface area (Å²) in [7, 11) is 0. The number of halogens is 1. The highest BCUT2D eigenvalue weighted by Crippen LogP contribution is 2.22. The lowest BCUT2D eigenvalue weighted by atomic mass is 10.2. The van der Waals surface area contributed by atoms with Crippen molar-refractivity contribution in [2.24, 2.45) is 0 Å². The minimum absolute atomic E-state index is 0.0113. The molecular weight excluding hydrogens is 270 g/mol. The number of hydrogen-bond acceptors (Lipinski definition) is 4. The Labute approximate surface area is 117 Å². The van der Waals surface area contributed by atoms with Crippen LogP contribution in [0.4, 0.5) is 0 Å². The lowest BCUT2D eigenvalue weighted by Gasteiger charge is -2.17. The van der Waals surface area contributed by atoms with Crippen LogP contribution in [0.25, 0.3) is 0 Å². The van der Waals surface area contributed by atoms with E-state index in [-0.39, 0.29) is 12.5 Å². The van der Waals surface area contributed by atoms with Crippen LogP contribution in [0, 0.1) is 6.92 Å². The summed E-state index contributed by atoms with van der Waals surface area (Å²) in [5.74, 6) is 0.219. The molecule has 0 saturated heterocycles. The van der Waals surface area contributed by atoms with Gasteiger partial charge in [0.15, 0.2) is 6.10 Å². The molecule has 0 radical (unpaired) electrons. The molecule has 1 amide bonds. The normalized spacial score (nSPS) is 13.7. The second kappa shape index (κ2) is 7.33. The smallest absolute Gasteiger partial charge is 0.260 e. The number of rotatable bonds is 6. The van der Waals surface area contributed by atoms with Crippen LogP contribution >= 0.6 is 11.6 Å². The van der Waals surface area contributed by atoms with Gasteiger partial charge in [0.05, 0.1) is 12.7 Å². The molecule has 106 valence electrons. The van der Waals surface area contributed by atoms with E-state index >= 15 is 0 Å². The summed E-state index contributed by atoms with van der Waals surface area (Å²) in [6.45, 7) is 3.03. The maximum Gasteiger partial charge on any atom is 0.260 e. The quantitative estimate of drug-likeness (QED) is 0.726. The fraction of sp³-hybridized carbons (Fsp3) is 0.462. The predicted octanol–water partition coefficient (Wildman–Crippen LogP) is 0.885. The Balaban J connectivity index is 2.54. The molecule has 1 aromatic rings. The highest BCUT2D eigenvalue weighted by molar-refractivity contribution is 6.30. The van der Waals surface area contributed by atoms with Crippen LogP contribution in [0.1, 0.15) is 12.5 Å². The first-order valence-electron chi connectivity index (χ1n) is 5.93. The van der Waals surface area contributed by atoms with E-state index in [1.54, 1.807) is 25.1 Å². The number of aliphatic hydroxyl groups excluding tert-OH is 2. The van der Waals surface area contributed by atoms with Gasteiger partial charge < -0.3 is 20.3 Å². The Bertz CT molecular complexity index is 439. The topological polar surface area (TPSA) is 78.8 Å². The van der Waals surface area contributed by atoms with Crippen molar-refractivity contribution in [1.82, 2.24) is 5.32 Å². The molecular formula is C13H18ClNO4. The zero-order valence-electron chi connectivity index (χ0n) is 10.9. The van der Waals surface area contributed by atoms with Gasteiger partial charge in [-0.15, -0.1) is 0 Å². The van der Waals surface area contributed by atoms with E-state index in [4.69, 9.17) is 26.6 Å². The average Bonchev–Trinajstić information content (AvgIpc) is 2.38. The third kappa shape index (κ3) is 5.06. The molecule has 0 bridgehead atoms. The molecule has 0 aliphatic rings.